The Balaban J connectivity index is 2.63. The van der Waals surface area contributed by atoms with E-state index < -0.39 is 0 Å². The van der Waals surface area contributed by atoms with Crippen molar-refractivity contribution in [2.75, 3.05) is 7.11 Å². The molecule has 0 heterocycles. The Bertz CT molecular complexity index is 416. The van der Waals surface area contributed by atoms with E-state index in [0.717, 1.165) is 18.4 Å². The van der Waals surface area contributed by atoms with Crippen molar-refractivity contribution in [2.24, 2.45) is 5.92 Å². The highest BCUT2D eigenvalue weighted by molar-refractivity contribution is 5.76. The smallest absolute Gasteiger partial charge is 0.323 e. The summed E-state index contributed by atoms with van der Waals surface area (Å²) in [6.45, 7) is 6.15. The molecule has 20 heavy (non-hydrogen) atoms. The molecule has 0 radical (unpaired) electrons. The molecular formula is C16H25NO3. The van der Waals surface area contributed by atoms with Crippen molar-refractivity contribution in [3.63, 3.8) is 0 Å². The predicted molar refractivity (Wildman–Crippen MR) is 79.7 cm³/mol. The maximum atomic E-state index is 11.8. The molecule has 1 aromatic rings. The first-order valence-corrected chi connectivity index (χ1v) is 7.09. The van der Waals surface area contributed by atoms with Crippen LogP contribution in [0, 0.1) is 5.92 Å². The first-order chi connectivity index (χ1) is 9.47. The number of carbonyl (C=O) groups is 1. The van der Waals surface area contributed by atoms with Crippen LogP contribution >= 0.6 is 0 Å². The molecule has 0 saturated carbocycles. The Hall–Kier alpha value is -1.55. The zero-order valence-electron chi connectivity index (χ0n) is 12.7. The fourth-order valence-corrected chi connectivity index (χ4v) is 2.18. The van der Waals surface area contributed by atoms with Crippen molar-refractivity contribution in [2.45, 2.75) is 45.7 Å². The molecule has 4 heteroatoms. The molecule has 3 unspecified atom stereocenters. The van der Waals surface area contributed by atoms with Gasteiger partial charge < -0.3 is 15.2 Å². The third kappa shape index (κ3) is 4.85. The number of hydrogen-bond acceptors (Lipinski definition) is 4. The molecule has 0 aromatic heterocycles. The van der Waals surface area contributed by atoms with E-state index in [-0.39, 0.29) is 29.7 Å². The molecule has 4 nitrogen and oxygen atoms in total. The summed E-state index contributed by atoms with van der Waals surface area (Å²) in [5, 5.41) is 12.6. The molecule has 0 fully saturated rings. The maximum absolute atomic E-state index is 11.8. The van der Waals surface area contributed by atoms with Gasteiger partial charge in [0.05, 0.1) is 7.11 Å². The fourth-order valence-electron chi connectivity index (χ4n) is 2.18. The van der Waals surface area contributed by atoms with E-state index in [2.05, 4.69) is 12.2 Å². The van der Waals surface area contributed by atoms with Gasteiger partial charge in [-0.2, -0.15) is 0 Å². The SMILES string of the molecule is CCC(C)C(NC(C)Cc1ccc(O)cc1)C(=O)OC. The van der Waals surface area contributed by atoms with Crippen LogP contribution in [0.2, 0.25) is 0 Å². The van der Waals surface area contributed by atoms with Gasteiger partial charge in [0, 0.05) is 6.04 Å². The number of phenolic OH excluding ortho intramolecular Hbond substituents is 1. The zero-order valence-corrected chi connectivity index (χ0v) is 12.7. The summed E-state index contributed by atoms with van der Waals surface area (Å²) in [7, 11) is 1.42. The second kappa shape index (κ2) is 7.90. The van der Waals surface area contributed by atoms with Crippen LogP contribution in [-0.4, -0.2) is 30.3 Å². The van der Waals surface area contributed by atoms with Crippen LogP contribution in [0.5, 0.6) is 5.75 Å². The van der Waals surface area contributed by atoms with Gasteiger partial charge in [0.2, 0.25) is 0 Å². The van der Waals surface area contributed by atoms with E-state index >= 15 is 0 Å². The van der Waals surface area contributed by atoms with E-state index in [1.807, 2.05) is 26.0 Å². The number of hydrogen-bond donors (Lipinski definition) is 2. The van der Waals surface area contributed by atoms with Gasteiger partial charge in [-0.25, -0.2) is 0 Å². The summed E-state index contributed by atoms with van der Waals surface area (Å²) >= 11 is 0. The van der Waals surface area contributed by atoms with Gasteiger partial charge in [-0.15, -0.1) is 0 Å². The van der Waals surface area contributed by atoms with Crippen molar-refractivity contribution < 1.29 is 14.6 Å². The Labute approximate surface area is 121 Å². The summed E-state index contributed by atoms with van der Waals surface area (Å²) < 4.78 is 4.87. The Morgan fingerprint density at radius 2 is 1.90 bits per heavy atom. The number of ether oxygens (including phenoxy) is 1. The zero-order chi connectivity index (χ0) is 15.1. The van der Waals surface area contributed by atoms with Crippen molar-refractivity contribution in [1.82, 2.24) is 5.32 Å². The molecule has 0 bridgehead atoms. The number of methoxy groups -OCH3 is 1. The van der Waals surface area contributed by atoms with Crippen LogP contribution < -0.4 is 5.32 Å². The first kappa shape index (κ1) is 16.5. The quantitative estimate of drug-likeness (QED) is 0.753. The topological polar surface area (TPSA) is 58.6 Å². The van der Waals surface area contributed by atoms with Crippen molar-refractivity contribution in [3.8, 4) is 5.75 Å². The third-order valence-corrected chi connectivity index (χ3v) is 3.61. The lowest BCUT2D eigenvalue weighted by molar-refractivity contribution is -0.144. The minimum Gasteiger partial charge on any atom is -0.508 e. The molecule has 0 saturated heterocycles. The lowest BCUT2D eigenvalue weighted by Crippen LogP contribution is -2.47. The second-order valence-electron chi connectivity index (χ2n) is 5.32. The van der Waals surface area contributed by atoms with Crippen LogP contribution in [0.1, 0.15) is 32.8 Å². The van der Waals surface area contributed by atoms with Gasteiger partial charge in [0.15, 0.2) is 0 Å². The number of phenols is 1. The summed E-state index contributed by atoms with van der Waals surface area (Å²) in [5.41, 5.74) is 1.12. The molecular weight excluding hydrogens is 254 g/mol. The normalized spacial score (nSPS) is 15.4. The molecule has 1 aromatic carbocycles. The number of nitrogens with one attached hydrogen (secondary N) is 1. The lowest BCUT2D eigenvalue weighted by Gasteiger charge is -2.25. The molecule has 1 rings (SSSR count). The fraction of sp³-hybridized carbons (Fsp3) is 0.562. The number of benzene rings is 1. The number of aromatic hydroxyl groups is 1. The van der Waals surface area contributed by atoms with Gasteiger partial charge in [-0.3, -0.25) is 4.79 Å². The minimum absolute atomic E-state index is 0.151. The van der Waals surface area contributed by atoms with Crippen LogP contribution in [0.3, 0.4) is 0 Å². The highest BCUT2D eigenvalue weighted by Gasteiger charge is 2.26. The van der Waals surface area contributed by atoms with Crippen LogP contribution in [-0.2, 0) is 16.0 Å². The molecule has 2 N–H and O–H groups in total. The number of esters is 1. The van der Waals surface area contributed by atoms with E-state index in [1.54, 1.807) is 12.1 Å². The van der Waals surface area contributed by atoms with Gasteiger partial charge in [-0.05, 0) is 37.0 Å². The molecule has 0 aliphatic heterocycles. The summed E-state index contributed by atoms with van der Waals surface area (Å²) in [4.78, 5) is 11.8. The van der Waals surface area contributed by atoms with E-state index in [4.69, 9.17) is 4.74 Å². The summed E-state index contributed by atoms with van der Waals surface area (Å²) in [6.07, 6.45) is 1.71. The molecule has 3 atom stereocenters. The van der Waals surface area contributed by atoms with Crippen LogP contribution in [0.4, 0.5) is 0 Å². The summed E-state index contributed by atoms with van der Waals surface area (Å²) in [6, 6.07) is 7.01. The standard InChI is InChI=1S/C16H25NO3/c1-5-11(2)15(16(19)20-4)17-12(3)10-13-6-8-14(18)9-7-13/h6-9,11-12,15,17-18H,5,10H2,1-4H3. The summed E-state index contributed by atoms with van der Waals surface area (Å²) in [5.74, 6) is 0.281. The largest absolute Gasteiger partial charge is 0.508 e. The average Bonchev–Trinajstić information content (AvgIpc) is 2.45. The van der Waals surface area contributed by atoms with Gasteiger partial charge in [0.1, 0.15) is 11.8 Å². The van der Waals surface area contributed by atoms with E-state index in [1.165, 1.54) is 7.11 Å². The minimum atomic E-state index is -0.280. The van der Waals surface area contributed by atoms with Crippen molar-refractivity contribution in [1.29, 1.82) is 0 Å². The van der Waals surface area contributed by atoms with Crippen LogP contribution in [0.25, 0.3) is 0 Å². The van der Waals surface area contributed by atoms with E-state index in [0.29, 0.717) is 0 Å². The molecule has 0 aliphatic rings. The highest BCUT2D eigenvalue weighted by atomic mass is 16.5. The number of carbonyl (C=O) groups excluding carboxylic acids is 1. The maximum Gasteiger partial charge on any atom is 0.323 e. The average molecular weight is 279 g/mol. The van der Waals surface area contributed by atoms with E-state index in [9.17, 15) is 9.90 Å². The van der Waals surface area contributed by atoms with Crippen molar-refractivity contribution >= 4 is 5.97 Å². The van der Waals surface area contributed by atoms with Gasteiger partial charge >= 0.3 is 5.97 Å². The molecule has 0 aliphatic carbocycles. The first-order valence-electron chi connectivity index (χ1n) is 7.09. The second-order valence-corrected chi connectivity index (χ2v) is 5.32. The Kier molecular flexibility index (Phi) is 6.52. The van der Waals surface area contributed by atoms with Crippen molar-refractivity contribution in [3.05, 3.63) is 29.8 Å². The lowest BCUT2D eigenvalue weighted by atomic mass is 9.97. The Morgan fingerprint density at radius 1 is 1.30 bits per heavy atom. The molecule has 112 valence electrons. The number of rotatable bonds is 7. The molecule has 0 spiro atoms. The molecule has 0 amide bonds. The van der Waals surface area contributed by atoms with Crippen LogP contribution in [0.15, 0.2) is 24.3 Å². The predicted octanol–water partition coefficient (Wildman–Crippen LogP) is 2.50. The van der Waals surface area contributed by atoms with Gasteiger partial charge in [-0.1, -0.05) is 32.4 Å². The Morgan fingerprint density at radius 3 is 2.40 bits per heavy atom. The third-order valence-electron chi connectivity index (χ3n) is 3.61. The highest BCUT2D eigenvalue weighted by Crippen LogP contribution is 2.14. The monoisotopic (exact) mass is 279 g/mol. The van der Waals surface area contributed by atoms with Gasteiger partial charge in [0.25, 0.3) is 0 Å².